The first-order valence-electron chi connectivity index (χ1n) is 35.4. The van der Waals surface area contributed by atoms with Crippen LogP contribution in [0.15, 0.2) is 54.6 Å². The second-order valence-electron chi connectivity index (χ2n) is 27.9. The first-order valence-corrected chi connectivity index (χ1v) is 35.4. The number of nitrogens with one attached hydrogen (secondary N) is 7. The molecule has 31 heteroatoms. The minimum atomic E-state index is -2.43. The van der Waals surface area contributed by atoms with E-state index in [-0.39, 0.29) is 93.5 Å². The average Bonchev–Trinajstić information content (AvgIpc) is 1.04. The Kier molecular flexibility index (Phi) is 34.3. The molecule has 5 rings (SSSR count). The molecule has 2 fully saturated rings. The topological polar surface area (TPSA) is 337 Å². The van der Waals surface area contributed by atoms with Crippen LogP contribution in [0.5, 0.6) is 5.75 Å². The van der Waals surface area contributed by atoms with Crippen molar-refractivity contribution in [1.29, 1.82) is 0 Å². The summed E-state index contributed by atoms with van der Waals surface area (Å²) in [4.78, 5) is 142. The van der Waals surface area contributed by atoms with Crippen LogP contribution in [0.4, 0.5) is 32.4 Å². The molecule has 0 saturated carbocycles. The highest BCUT2D eigenvalue weighted by atomic mass is 19.2. The standard InChI is InChI=1S/C73H106F5N11O15/c1-15-42(8)63(88(12)71(97)61(40(4)5)86-70(96)62(41(6)7)87(10)11)51(100-13)35-53(91)89-33-21-25-50(89)64(101-14)43(9)66(92)84-49(34-44-22-17-16-18-23-44)67(93)81-36-45-28-30-47(31-29-45)82-68(94)48(24-20-32-80-73(79)99)83-69(95)60(39(2)3)85-52(90)26-19-27-54-102-37-46(38-103-54)72(98)104-65-58(77)56(75)55(74)57(76)59(65)78/h16-18,22-23,28-31,39-43,46,48-51,54,60-64H,15,19-21,24-27,32-38H2,1-14H3,(H,81,93)(H,82,94)(H,83,95)(H,84,92)(H,85,90)(H,86,96)(H3,79,80,99)/t42-,43+,46?,48-,49-,50?,51+,54?,60-,61-,62-,63-,64+/m0/s1. The van der Waals surface area contributed by atoms with E-state index in [0.717, 1.165) is 5.56 Å². The normalized spacial score (nSPS) is 18.2. The van der Waals surface area contributed by atoms with E-state index in [0.29, 0.717) is 37.1 Å². The van der Waals surface area contributed by atoms with Gasteiger partial charge in [-0.25, -0.2) is 18.0 Å². The van der Waals surface area contributed by atoms with Gasteiger partial charge in [0, 0.05) is 59.4 Å². The first kappa shape index (κ1) is 86.3. The second kappa shape index (κ2) is 41.3. The minimum Gasteiger partial charge on any atom is -0.420 e. The number of halogens is 5. The number of hydrogen-bond acceptors (Lipinski definition) is 16. The number of nitrogens with zero attached hydrogens (tertiary/aromatic N) is 3. The maximum absolute atomic E-state index is 14.6. The number of primary amides is 1. The van der Waals surface area contributed by atoms with Crippen LogP contribution in [0, 0.1) is 64.6 Å². The summed E-state index contributed by atoms with van der Waals surface area (Å²) in [7, 11) is 8.32. The first-order chi connectivity index (χ1) is 49.1. The summed E-state index contributed by atoms with van der Waals surface area (Å²) in [6.45, 7) is 16.3. The van der Waals surface area contributed by atoms with Gasteiger partial charge in [0.05, 0.1) is 55.9 Å². The molecule has 2 aliphatic heterocycles. The molecule has 0 aromatic heterocycles. The number of urea groups is 1. The van der Waals surface area contributed by atoms with E-state index < -0.39 is 168 Å². The Morgan fingerprint density at radius 3 is 1.83 bits per heavy atom. The third-order valence-electron chi connectivity index (χ3n) is 18.9. The third-order valence-corrected chi connectivity index (χ3v) is 18.9. The average molecular weight is 1470 g/mol. The summed E-state index contributed by atoms with van der Waals surface area (Å²) in [5.74, 6) is -21.6. The number of esters is 1. The van der Waals surface area contributed by atoms with E-state index in [1.54, 1.807) is 61.9 Å². The molecule has 3 aromatic carbocycles. The quantitative estimate of drug-likeness (QED) is 0.00793. The molecule has 9 N–H and O–H groups in total. The maximum atomic E-state index is 14.6. The van der Waals surface area contributed by atoms with Crippen molar-refractivity contribution in [3.8, 4) is 5.75 Å². The molecular weight excluding hydrogens is 1370 g/mol. The van der Waals surface area contributed by atoms with Gasteiger partial charge in [0.25, 0.3) is 0 Å². The maximum Gasteiger partial charge on any atom is 0.319 e. The Morgan fingerprint density at radius 2 is 1.27 bits per heavy atom. The molecule has 26 nitrogen and oxygen atoms in total. The minimum absolute atomic E-state index is 0.00230. The Balaban J connectivity index is 1.19. The number of carbonyl (C=O) groups excluding carboxylic acids is 10. The summed E-state index contributed by atoms with van der Waals surface area (Å²) in [6.07, 6.45) is -0.391. The molecule has 0 radical (unpaired) electrons. The van der Waals surface area contributed by atoms with Gasteiger partial charge in [0.2, 0.25) is 82.1 Å². The zero-order valence-electron chi connectivity index (χ0n) is 62.0. The summed E-state index contributed by atoms with van der Waals surface area (Å²) in [5.41, 5.74) is 6.94. The number of methoxy groups -OCH3 is 2. The predicted molar refractivity (Wildman–Crippen MR) is 375 cm³/mol. The Bertz CT molecular complexity index is 3350. The fourth-order valence-electron chi connectivity index (χ4n) is 13.0. The lowest BCUT2D eigenvalue weighted by molar-refractivity contribution is -0.208. The fourth-order valence-corrected chi connectivity index (χ4v) is 13.0. The number of likely N-dealkylation sites (tertiary alicyclic amines) is 1. The number of likely N-dealkylation sites (N-methyl/N-ethyl adjacent to an activating group) is 2. The Labute approximate surface area is 605 Å². The second-order valence-corrected chi connectivity index (χ2v) is 27.9. The molecule has 2 aliphatic rings. The summed E-state index contributed by atoms with van der Waals surface area (Å²) in [5, 5.41) is 19.5. The number of hydrogen-bond donors (Lipinski definition) is 8. The lowest BCUT2D eigenvalue weighted by Crippen LogP contribution is -2.59. The number of ether oxygens (including phenoxy) is 5. The molecule has 0 aliphatic carbocycles. The predicted octanol–water partition coefficient (Wildman–Crippen LogP) is 6.15. The smallest absolute Gasteiger partial charge is 0.319 e. The number of amides is 10. The van der Waals surface area contributed by atoms with E-state index in [4.69, 9.17) is 24.7 Å². The lowest BCUT2D eigenvalue weighted by Gasteiger charge is -2.41. The van der Waals surface area contributed by atoms with Crippen molar-refractivity contribution in [1.82, 2.24) is 46.6 Å². The summed E-state index contributed by atoms with van der Waals surface area (Å²) in [6, 6.07) is 8.98. The van der Waals surface area contributed by atoms with Crippen LogP contribution >= 0.6 is 0 Å². The van der Waals surface area contributed by atoms with E-state index in [1.807, 2.05) is 90.9 Å². The molecule has 1 unspecified atom stereocenters. The van der Waals surface area contributed by atoms with Crippen LogP contribution in [-0.4, -0.2) is 196 Å². The molecule has 0 spiro atoms. The van der Waals surface area contributed by atoms with Crippen molar-refractivity contribution in [2.24, 2.45) is 41.2 Å². The van der Waals surface area contributed by atoms with E-state index >= 15 is 0 Å². The molecule has 2 heterocycles. The van der Waals surface area contributed by atoms with Gasteiger partial charge in [-0.15, -0.1) is 0 Å². The molecular formula is C73H106F5N11O15. The van der Waals surface area contributed by atoms with Crippen molar-refractivity contribution in [2.45, 2.75) is 194 Å². The van der Waals surface area contributed by atoms with Crippen LogP contribution in [0.25, 0.3) is 0 Å². The van der Waals surface area contributed by atoms with Crippen molar-refractivity contribution in [3.63, 3.8) is 0 Å². The Morgan fingerprint density at radius 1 is 0.663 bits per heavy atom. The van der Waals surface area contributed by atoms with Gasteiger partial charge in [-0.1, -0.05) is 111 Å². The Hall–Kier alpha value is -8.39. The van der Waals surface area contributed by atoms with E-state index in [2.05, 4.69) is 42.0 Å². The molecule has 578 valence electrons. The largest absolute Gasteiger partial charge is 0.420 e. The van der Waals surface area contributed by atoms with Gasteiger partial charge in [0.1, 0.15) is 30.1 Å². The van der Waals surface area contributed by atoms with Gasteiger partial charge < -0.3 is 76.4 Å². The number of rotatable bonds is 39. The van der Waals surface area contributed by atoms with Crippen molar-refractivity contribution >= 4 is 64.9 Å². The van der Waals surface area contributed by atoms with Crippen LogP contribution in [0.3, 0.4) is 0 Å². The highest BCUT2D eigenvalue weighted by molar-refractivity contribution is 5.98. The highest BCUT2D eigenvalue weighted by Gasteiger charge is 2.44. The molecule has 3 aromatic rings. The van der Waals surface area contributed by atoms with Crippen LogP contribution in [0.1, 0.15) is 131 Å². The molecule has 10 amide bonds. The van der Waals surface area contributed by atoms with Crippen molar-refractivity contribution in [2.75, 3.05) is 67.0 Å². The molecule has 11 atom stereocenters. The number of nitrogens with two attached hydrogens (primary N) is 1. The van der Waals surface area contributed by atoms with Crippen LogP contribution in [-0.2, 0) is 75.1 Å². The number of anilines is 1. The van der Waals surface area contributed by atoms with Gasteiger partial charge in [-0.05, 0) is 99.6 Å². The van der Waals surface area contributed by atoms with Gasteiger partial charge >= 0.3 is 12.0 Å². The van der Waals surface area contributed by atoms with Gasteiger partial charge in [-0.2, -0.15) is 8.78 Å². The highest BCUT2D eigenvalue weighted by Crippen LogP contribution is 2.33. The third kappa shape index (κ3) is 24.3. The lowest BCUT2D eigenvalue weighted by atomic mass is 9.89. The van der Waals surface area contributed by atoms with Gasteiger partial charge in [-0.3, -0.25) is 48.1 Å². The summed E-state index contributed by atoms with van der Waals surface area (Å²) >= 11 is 0. The fraction of sp³-hybridized carbons (Fsp3) is 0.616. The summed E-state index contributed by atoms with van der Waals surface area (Å²) < 4.78 is 96.6. The monoisotopic (exact) mass is 1470 g/mol. The zero-order valence-corrected chi connectivity index (χ0v) is 62.0. The van der Waals surface area contributed by atoms with Gasteiger partial charge in [0.15, 0.2) is 6.29 Å². The SMILES string of the molecule is CC[C@H](C)[C@@H]([C@@H](CC(=O)N1CCCC1[C@H](OC)[C@@H](C)C(=O)N[C@@H](Cc1ccccc1)C(=O)NCc1ccc(NC(=O)[C@H](CCCNC(N)=O)NC(=O)[C@@H](NC(=O)CCCC2OCC(C(=O)Oc3c(F)c(F)c(F)c(F)c3F)CO2)C(C)C)cc1)OC)N(C)C(=O)[C@@H](NC(=O)[C@H](C(C)C)N(C)C)C(C)C. The zero-order chi connectivity index (χ0) is 77.4. The van der Waals surface area contributed by atoms with E-state index in [9.17, 15) is 69.9 Å². The van der Waals surface area contributed by atoms with E-state index in [1.165, 1.54) is 14.2 Å². The van der Waals surface area contributed by atoms with Crippen LogP contribution in [0.2, 0.25) is 0 Å². The van der Waals surface area contributed by atoms with Crippen molar-refractivity contribution in [3.05, 3.63) is 94.8 Å². The number of benzene rings is 3. The van der Waals surface area contributed by atoms with Crippen molar-refractivity contribution < 1.29 is 93.6 Å². The van der Waals surface area contributed by atoms with Crippen LogP contribution < -0.4 is 47.7 Å². The molecule has 0 bridgehead atoms. The molecule has 2 saturated heterocycles. The number of carbonyl (C=O) groups is 10. The molecule has 104 heavy (non-hydrogen) atoms.